The summed E-state index contributed by atoms with van der Waals surface area (Å²) in [5.74, 6) is 3.11. The van der Waals surface area contributed by atoms with Crippen molar-refractivity contribution in [1.82, 2.24) is 0 Å². The molecule has 0 aliphatic carbocycles. The van der Waals surface area contributed by atoms with E-state index in [2.05, 4.69) is 12.5 Å². The lowest BCUT2D eigenvalue weighted by Gasteiger charge is -2.14. The van der Waals surface area contributed by atoms with Crippen molar-refractivity contribution in [1.29, 1.82) is 0 Å². The van der Waals surface area contributed by atoms with Crippen LogP contribution in [0.2, 0.25) is 0 Å². The fourth-order valence-corrected chi connectivity index (χ4v) is 2.28. The second-order valence-electron chi connectivity index (χ2n) is 4.60. The molecule has 0 bridgehead atoms. The lowest BCUT2D eigenvalue weighted by molar-refractivity contribution is 0.364. The van der Waals surface area contributed by atoms with Crippen molar-refractivity contribution in [3.63, 3.8) is 0 Å². The Hall–Kier alpha value is -2.47. The minimum absolute atomic E-state index is 0.173. The first kappa shape index (κ1) is 14.0. The summed E-state index contributed by atoms with van der Waals surface area (Å²) in [6, 6.07) is 3.45. The first-order valence-corrected chi connectivity index (χ1v) is 6.32. The molecule has 2 aromatic rings. The molecule has 0 spiro atoms. The van der Waals surface area contributed by atoms with Crippen molar-refractivity contribution in [2.45, 2.75) is 20.3 Å². The van der Waals surface area contributed by atoms with E-state index in [0.29, 0.717) is 17.8 Å². The molecule has 20 heavy (non-hydrogen) atoms. The number of benzene rings is 1. The highest BCUT2D eigenvalue weighted by Gasteiger charge is 2.14. The SMILES string of the molecule is C#CCOc1c(CC=C)cc2c(C)cc(=O)oc2c1C. The molecule has 0 N–H and O–H groups in total. The molecule has 0 saturated carbocycles. The van der Waals surface area contributed by atoms with E-state index in [1.165, 1.54) is 6.07 Å². The van der Waals surface area contributed by atoms with Crippen molar-refractivity contribution in [3.8, 4) is 18.1 Å². The highest BCUT2D eigenvalue weighted by atomic mass is 16.5. The Morgan fingerprint density at radius 1 is 1.45 bits per heavy atom. The van der Waals surface area contributed by atoms with Crippen LogP contribution in [-0.2, 0) is 6.42 Å². The number of aryl methyl sites for hydroxylation is 2. The number of terminal acetylenes is 1. The van der Waals surface area contributed by atoms with Crippen LogP contribution in [0.1, 0.15) is 16.7 Å². The predicted molar refractivity (Wildman–Crippen MR) is 80.2 cm³/mol. The molecule has 2 rings (SSSR count). The molecule has 0 fully saturated rings. The summed E-state index contributed by atoms with van der Waals surface area (Å²) in [4.78, 5) is 11.5. The van der Waals surface area contributed by atoms with Crippen molar-refractivity contribution < 1.29 is 9.15 Å². The van der Waals surface area contributed by atoms with Gasteiger partial charge in [0.15, 0.2) is 0 Å². The van der Waals surface area contributed by atoms with E-state index in [-0.39, 0.29) is 12.2 Å². The quantitative estimate of drug-likeness (QED) is 0.486. The van der Waals surface area contributed by atoms with E-state index in [9.17, 15) is 4.79 Å². The second-order valence-corrected chi connectivity index (χ2v) is 4.60. The molecule has 1 heterocycles. The van der Waals surface area contributed by atoms with Gasteiger partial charge in [0.25, 0.3) is 0 Å². The average Bonchev–Trinajstić information content (AvgIpc) is 2.40. The van der Waals surface area contributed by atoms with E-state index >= 15 is 0 Å². The Kier molecular flexibility index (Phi) is 3.95. The van der Waals surface area contributed by atoms with E-state index in [0.717, 1.165) is 22.1 Å². The van der Waals surface area contributed by atoms with Gasteiger partial charge < -0.3 is 9.15 Å². The molecule has 0 aliphatic rings. The first-order chi connectivity index (χ1) is 9.58. The van der Waals surface area contributed by atoms with Crippen LogP contribution >= 0.6 is 0 Å². The maximum absolute atomic E-state index is 11.5. The summed E-state index contributed by atoms with van der Waals surface area (Å²) in [7, 11) is 0. The zero-order chi connectivity index (χ0) is 14.7. The highest BCUT2D eigenvalue weighted by Crippen LogP contribution is 2.33. The van der Waals surface area contributed by atoms with Gasteiger partial charge in [-0.1, -0.05) is 12.0 Å². The Labute approximate surface area is 117 Å². The van der Waals surface area contributed by atoms with Gasteiger partial charge in [0.2, 0.25) is 0 Å². The molecule has 1 aromatic carbocycles. The lowest BCUT2D eigenvalue weighted by Crippen LogP contribution is -2.04. The van der Waals surface area contributed by atoms with E-state index in [1.54, 1.807) is 6.08 Å². The van der Waals surface area contributed by atoms with Gasteiger partial charge in [-0.3, -0.25) is 0 Å². The van der Waals surface area contributed by atoms with Crippen LogP contribution in [0.5, 0.6) is 5.75 Å². The fourth-order valence-electron chi connectivity index (χ4n) is 2.28. The second kappa shape index (κ2) is 5.66. The number of allylic oxidation sites excluding steroid dienone is 1. The average molecular weight is 268 g/mol. The topological polar surface area (TPSA) is 39.4 Å². The van der Waals surface area contributed by atoms with Crippen LogP contribution in [0, 0.1) is 26.2 Å². The maximum Gasteiger partial charge on any atom is 0.336 e. The van der Waals surface area contributed by atoms with Crippen molar-refractivity contribution in [3.05, 3.63) is 51.9 Å². The van der Waals surface area contributed by atoms with Crippen LogP contribution in [0.3, 0.4) is 0 Å². The minimum Gasteiger partial charge on any atom is -0.480 e. The van der Waals surface area contributed by atoms with Crippen molar-refractivity contribution in [2.75, 3.05) is 6.61 Å². The maximum atomic E-state index is 11.5. The molecular formula is C17H16O3. The van der Waals surface area contributed by atoms with Crippen LogP contribution < -0.4 is 10.4 Å². The fraction of sp³-hybridized carbons (Fsp3) is 0.235. The molecule has 1 aromatic heterocycles. The molecule has 0 atom stereocenters. The predicted octanol–water partition coefficient (Wildman–Crippen LogP) is 3.15. The summed E-state index contributed by atoms with van der Waals surface area (Å²) in [6.45, 7) is 7.68. The Bertz CT molecular complexity index is 760. The Balaban J connectivity index is 2.78. The third kappa shape index (κ3) is 2.46. The number of fused-ring (bicyclic) bond motifs is 1. The van der Waals surface area contributed by atoms with Gasteiger partial charge in [-0.2, -0.15) is 0 Å². The summed E-state index contributed by atoms with van der Waals surface area (Å²) >= 11 is 0. The Morgan fingerprint density at radius 3 is 2.85 bits per heavy atom. The third-order valence-corrected chi connectivity index (χ3v) is 3.16. The molecule has 0 aliphatic heterocycles. The van der Waals surface area contributed by atoms with Crippen molar-refractivity contribution >= 4 is 11.0 Å². The zero-order valence-corrected chi connectivity index (χ0v) is 11.7. The van der Waals surface area contributed by atoms with Gasteiger partial charge in [0, 0.05) is 17.0 Å². The highest BCUT2D eigenvalue weighted by molar-refractivity contribution is 5.86. The van der Waals surface area contributed by atoms with Crippen molar-refractivity contribution in [2.24, 2.45) is 0 Å². The Morgan fingerprint density at radius 2 is 2.20 bits per heavy atom. The first-order valence-electron chi connectivity index (χ1n) is 6.32. The van der Waals surface area contributed by atoms with Gasteiger partial charge in [0.05, 0.1) is 0 Å². The zero-order valence-electron chi connectivity index (χ0n) is 11.7. The summed E-state index contributed by atoms with van der Waals surface area (Å²) < 4.78 is 10.9. The van der Waals surface area contributed by atoms with Gasteiger partial charge in [-0.25, -0.2) is 4.79 Å². The van der Waals surface area contributed by atoms with Crippen LogP contribution in [0.15, 0.2) is 34.0 Å². The van der Waals surface area contributed by atoms with Crippen LogP contribution in [0.4, 0.5) is 0 Å². The van der Waals surface area contributed by atoms with Gasteiger partial charge in [-0.15, -0.1) is 13.0 Å². The number of hydrogen-bond donors (Lipinski definition) is 0. The standard InChI is InChI=1S/C17H16O3/c1-5-7-13-10-14-11(3)9-15(18)20-17(14)12(4)16(13)19-8-6-2/h2,5,9-10H,1,7-8H2,3-4H3. The van der Waals surface area contributed by atoms with E-state index < -0.39 is 0 Å². The lowest BCUT2D eigenvalue weighted by atomic mass is 10.0. The normalized spacial score (nSPS) is 10.2. The largest absolute Gasteiger partial charge is 0.480 e. The minimum atomic E-state index is -0.363. The summed E-state index contributed by atoms with van der Waals surface area (Å²) in [5.41, 5.74) is 2.84. The third-order valence-electron chi connectivity index (χ3n) is 3.16. The number of hydrogen-bond acceptors (Lipinski definition) is 3. The van der Waals surface area contributed by atoms with Crippen LogP contribution in [0.25, 0.3) is 11.0 Å². The van der Waals surface area contributed by atoms with E-state index in [4.69, 9.17) is 15.6 Å². The molecule has 0 amide bonds. The molecule has 0 unspecified atom stereocenters. The molecule has 0 saturated heterocycles. The molecule has 102 valence electrons. The number of ether oxygens (including phenoxy) is 1. The molecule has 3 nitrogen and oxygen atoms in total. The smallest absolute Gasteiger partial charge is 0.336 e. The van der Waals surface area contributed by atoms with Gasteiger partial charge in [-0.05, 0) is 37.5 Å². The monoisotopic (exact) mass is 268 g/mol. The summed E-state index contributed by atoms with van der Waals surface area (Å²) in [5, 5.41) is 0.909. The molecule has 3 heteroatoms. The summed E-state index contributed by atoms with van der Waals surface area (Å²) in [6.07, 6.45) is 7.71. The van der Waals surface area contributed by atoms with Crippen LogP contribution in [-0.4, -0.2) is 6.61 Å². The molecule has 0 radical (unpaired) electrons. The molecular weight excluding hydrogens is 252 g/mol. The van der Waals surface area contributed by atoms with E-state index in [1.807, 2.05) is 19.9 Å². The van der Waals surface area contributed by atoms with Gasteiger partial charge in [0.1, 0.15) is 17.9 Å². The number of rotatable bonds is 4. The van der Waals surface area contributed by atoms with Gasteiger partial charge >= 0.3 is 5.63 Å².